The van der Waals surface area contributed by atoms with Gasteiger partial charge in [0.05, 0.1) is 8.07 Å². The lowest BCUT2D eigenvalue weighted by Gasteiger charge is -2.17. The van der Waals surface area contributed by atoms with Gasteiger partial charge in [-0.2, -0.15) is 0 Å². The summed E-state index contributed by atoms with van der Waals surface area (Å²) in [5, 5.41) is 1.57. The molecule has 0 rings (SSSR count). The maximum atomic E-state index is 2.40. The van der Waals surface area contributed by atoms with E-state index in [0.29, 0.717) is 0 Å². The van der Waals surface area contributed by atoms with E-state index in [0.717, 1.165) is 0 Å². The first kappa shape index (κ1) is 12.7. The minimum Gasteiger partial charge on any atom is -0.0884 e. The number of hydrogen-bond donors (Lipinski definition) is 0. The van der Waals surface area contributed by atoms with Crippen LogP contribution < -0.4 is 0 Å². The van der Waals surface area contributed by atoms with Crippen molar-refractivity contribution in [2.24, 2.45) is 0 Å². The molecule has 0 nitrogen and oxygen atoms in total. The van der Waals surface area contributed by atoms with Gasteiger partial charge in [0.1, 0.15) is 0 Å². The highest BCUT2D eigenvalue weighted by Gasteiger charge is 2.15. The lowest BCUT2D eigenvalue weighted by atomic mass is 10.2. The minimum atomic E-state index is -1.07. The van der Waals surface area contributed by atoms with E-state index in [1.165, 1.54) is 19.3 Å². The van der Waals surface area contributed by atoms with Crippen LogP contribution in [0.2, 0.25) is 19.6 Å². The van der Waals surface area contributed by atoms with E-state index in [1.54, 1.807) is 5.20 Å². The molecule has 0 fully saturated rings. The average Bonchev–Trinajstić information content (AvgIpc) is 2.02. The van der Waals surface area contributed by atoms with Crippen LogP contribution in [0.15, 0.2) is 23.4 Å². The van der Waals surface area contributed by atoms with E-state index in [4.69, 9.17) is 0 Å². The molecule has 13 heavy (non-hydrogen) atoms. The molecule has 0 unspecified atom stereocenters. The van der Waals surface area contributed by atoms with Crippen molar-refractivity contribution in [2.45, 2.75) is 52.8 Å². The molecule has 0 heterocycles. The number of rotatable bonds is 5. The summed E-state index contributed by atoms with van der Waals surface area (Å²) in [6.07, 6.45) is 10.8. The Labute approximate surface area is 84.8 Å². The van der Waals surface area contributed by atoms with Crippen LogP contribution in [0.3, 0.4) is 0 Å². The predicted octanol–water partition coefficient (Wildman–Crippen LogP) is 4.56. The molecule has 0 atom stereocenters. The van der Waals surface area contributed by atoms with Gasteiger partial charge in [-0.3, -0.25) is 0 Å². The molecule has 1 heteroatoms. The van der Waals surface area contributed by atoms with E-state index >= 15 is 0 Å². The zero-order valence-corrected chi connectivity index (χ0v) is 10.9. The van der Waals surface area contributed by atoms with E-state index in [-0.39, 0.29) is 0 Å². The Hall–Kier alpha value is -0.303. The third-order valence-corrected chi connectivity index (χ3v) is 4.39. The normalized spacial score (nSPS) is 14.1. The standard InChI is InChI=1S/C12H24Si/c1-6-8-9-10-11-12(7-2)13(3,4)5/h7,10-11H,6,8-9H2,1-5H3/b11-10+,12-7-. The van der Waals surface area contributed by atoms with Crippen molar-refractivity contribution in [2.75, 3.05) is 0 Å². The van der Waals surface area contributed by atoms with Crippen LogP contribution in [0.4, 0.5) is 0 Å². The lowest BCUT2D eigenvalue weighted by Crippen LogP contribution is -2.22. The Balaban J connectivity index is 4.08. The maximum absolute atomic E-state index is 2.40. The molecule has 0 aliphatic heterocycles. The van der Waals surface area contributed by atoms with E-state index in [2.05, 4.69) is 51.7 Å². The fourth-order valence-electron chi connectivity index (χ4n) is 1.31. The predicted molar refractivity (Wildman–Crippen MR) is 65.8 cm³/mol. The molecule has 0 saturated carbocycles. The summed E-state index contributed by atoms with van der Waals surface area (Å²) in [6.45, 7) is 11.6. The highest BCUT2D eigenvalue weighted by Crippen LogP contribution is 2.15. The van der Waals surface area contributed by atoms with Gasteiger partial charge in [-0.1, -0.05) is 62.8 Å². The van der Waals surface area contributed by atoms with Crippen LogP contribution in [-0.2, 0) is 0 Å². The molecule has 0 saturated heterocycles. The number of unbranched alkanes of at least 4 members (excludes halogenated alkanes) is 2. The summed E-state index contributed by atoms with van der Waals surface area (Å²) in [7, 11) is -1.07. The second-order valence-electron chi connectivity index (χ2n) is 4.54. The second kappa shape index (κ2) is 6.20. The Bertz CT molecular complexity index is 182. The largest absolute Gasteiger partial charge is 0.0884 e. The van der Waals surface area contributed by atoms with Crippen molar-refractivity contribution in [1.82, 2.24) is 0 Å². The van der Waals surface area contributed by atoms with Crippen LogP contribution in [0, 0.1) is 0 Å². The van der Waals surface area contributed by atoms with Gasteiger partial charge in [0.15, 0.2) is 0 Å². The maximum Gasteiger partial charge on any atom is 0.0771 e. The van der Waals surface area contributed by atoms with Gasteiger partial charge >= 0.3 is 0 Å². The van der Waals surface area contributed by atoms with Gasteiger partial charge in [-0.05, 0) is 13.3 Å². The third kappa shape index (κ3) is 5.86. The quantitative estimate of drug-likeness (QED) is 0.343. The van der Waals surface area contributed by atoms with Gasteiger partial charge < -0.3 is 0 Å². The monoisotopic (exact) mass is 196 g/mol. The molecule has 0 spiro atoms. The molecular formula is C12H24Si. The highest BCUT2D eigenvalue weighted by molar-refractivity contribution is 6.83. The fraction of sp³-hybridized carbons (Fsp3) is 0.667. The Morgan fingerprint density at radius 2 is 1.85 bits per heavy atom. The van der Waals surface area contributed by atoms with Crippen LogP contribution >= 0.6 is 0 Å². The van der Waals surface area contributed by atoms with Gasteiger partial charge in [0.25, 0.3) is 0 Å². The van der Waals surface area contributed by atoms with Crippen molar-refractivity contribution in [3.63, 3.8) is 0 Å². The van der Waals surface area contributed by atoms with E-state index < -0.39 is 8.07 Å². The summed E-state index contributed by atoms with van der Waals surface area (Å²) in [5.41, 5.74) is 0. The van der Waals surface area contributed by atoms with Crippen molar-refractivity contribution < 1.29 is 0 Å². The van der Waals surface area contributed by atoms with Gasteiger partial charge in [-0.25, -0.2) is 0 Å². The van der Waals surface area contributed by atoms with Crippen LogP contribution in [0.1, 0.15) is 33.1 Å². The van der Waals surface area contributed by atoms with E-state index in [9.17, 15) is 0 Å². The molecule has 0 aromatic rings. The zero-order valence-electron chi connectivity index (χ0n) is 9.85. The van der Waals surface area contributed by atoms with Gasteiger partial charge in [-0.15, -0.1) is 0 Å². The topological polar surface area (TPSA) is 0 Å². The molecule has 0 aromatic carbocycles. The molecule has 0 amide bonds. The first-order valence-corrected chi connectivity index (χ1v) is 8.85. The van der Waals surface area contributed by atoms with Crippen LogP contribution in [0.25, 0.3) is 0 Å². The smallest absolute Gasteiger partial charge is 0.0771 e. The average molecular weight is 196 g/mol. The first-order chi connectivity index (χ1) is 6.02. The number of allylic oxidation sites excluding steroid dienone is 4. The molecule has 0 aliphatic carbocycles. The Morgan fingerprint density at radius 3 is 2.23 bits per heavy atom. The van der Waals surface area contributed by atoms with Gasteiger partial charge in [0, 0.05) is 0 Å². The minimum absolute atomic E-state index is 1.07. The fourth-order valence-corrected chi connectivity index (χ4v) is 2.80. The zero-order chi connectivity index (χ0) is 10.3. The Morgan fingerprint density at radius 1 is 1.23 bits per heavy atom. The Kier molecular flexibility index (Phi) is 6.05. The molecular weight excluding hydrogens is 172 g/mol. The van der Waals surface area contributed by atoms with Gasteiger partial charge in [0.2, 0.25) is 0 Å². The molecule has 0 N–H and O–H groups in total. The summed E-state index contributed by atoms with van der Waals surface area (Å²) in [6, 6.07) is 0. The molecule has 0 aromatic heterocycles. The third-order valence-electron chi connectivity index (χ3n) is 2.20. The van der Waals surface area contributed by atoms with Crippen molar-refractivity contribution >= 4 is 8.07 Å². The number of hydrogen-bond acceptors (Lipinski definition) is 0. The molecule has 0 aliphatic rings. The van der Waals surface area contributed by atoms with E-state index in [1.807, 2.05) is 0 Å². The summed E-state index contributed by atoms with van der Waals surface area (Å²) in [4.78, 5) is 0. The first-order valence-electron chi connectivity index (χ1n) is 5.35. The van der Waals surface area contributed by atoms with Crippen LogP contribution in [-0.4, -0.2) is 8.07 Å². The summed E-state index contributed by atoms with van der Waals surface area (Å²) in [5.74, 6) is 0. The molecule has 76 valence electrons. The van der Waals surface area contributed by atoms with Crippen molar-refractivity contribution in [3.8, 4) is 0 Å². The van der Waals surface area contributed by atoms with Crippen LogP contribution in [0.5, 0.6) is 0 Å². The van der Waals surface area contributed by atoms with Crippen molar-refractivity contribution in [1.29, 1.82) is 0 Å². The molecule has 0 radical (unpaired) electrons. The summed E-state index contributed by atoms with van der Waals surface area (Å²) < 4.78 is 0. The lowest BCUT2D eigenvalue weighted by molar-refractivity contribution is 0.814. The van der Waals surface area contributed by atoms with Crippen molar-refractivity contribution in [3.05, 3.63) is 23.4 Å². The summed E-state index contributed by atoms with van der Waals surface area (Å²) >= 11 is 0. The highest BCUT2D eigenvalue weighted by atomic mass is 28.3. The SMILES string of the molecule is C/C=C(/C=C/CCCC)[Si](C)(C)C. The second-order valence-corrected chi connectivity index (χ2v) is 9.62. The molecule has 0 bridgehead atoms.